The van der Waals surface area contributed by atoms with Gasteiger partial charge in [-0.3, -0.25) is 0 Å². The number of pyridine rings is 1. The molecule has 0 aliphatic heterocycles. The summed E-state index contributed by atoms with van der Waals surface area (Å²) in [6, 6.07) is 1.20. The van der Waals surface area contributed by atoms with E-state index in [2.05, 4.69) is 10.4 Å². The van der Waals surface area contributed by atoms with E-state index < -0.39 is 5.82 Å². The number of aromatic nitrogens is 3. The summed E-state index contributed by atoms with van der Waals surface area (Å²) in [7, 11) is 0. The summed E-state index contributed by atoms with van der Waals surface area (Å²) < 4.78 is 14.8. The first-order chi connectivity index (χ1) is 8.10. The molecule has 5 nitrogen and oxygen atoms in total. The van der Waals surface area contributed by atoms with Crippen LogP contribution in [0.2, 0.25) is 5.15 Å². The molecule has 0 saturated heterocycles. The molecule has 0 fully saturated rings. The van der Waals surface area contributed by atoms with E-state index in [-0.39, 0.29) is 5.15 Å². The van der Waals surface area contributed by atoms with Gasteiger partial charge in [0.25, 0.3) is 0 Å². The van der Waals surface area contributed by atoms with Crippen molar-refractivity contribution < 1.29 is 9.12 Å². The van der Waals surface area contributed by atoms with Gasteiger partial charge in [0.05, 0.1) is 11.9 Å². The summed E-state index contributed by atoms with van der Waals surface area (Å²) in [5, 5.41) is 18.3. The van der Waals surface area contributed by atoms with Crippen LogP contribution in [0, 0.1) is 11.0 Å². The van der Waals surface area contributed by atoms with Crippen LogP contribution in [0.15, 0.2) is 24.7 Å². The van der Waals surface area contributed by atoms with Crippen LogP contribution in [0.5, 0.6) is 0 Å². The molecule has 0 unspecified atom stereocenters. The Balaban J connectivity index is 2.42. The maximum atomic E-state index is 13.1. The molecule has 0 saturated carbocycles. The first-order valence-electron chi connectivity index (χ1n) is 4.99. The molecule has 0 aliphatic rings. The molecule has 0 atom stereocenters. The van der Waals surface area contributed by atoms with E-state index in [9.17, 15) is 9.60 Å². The van der Waals surface area contributed by atoms with Crippen LogP contribution in [0.25, 0.3) is 5.69 Å². The fourth-order valence-electron chi connectivity index (χ4n) is 1.42. The topological polar surface area (TPSA) is 56.8 Å². The van der Waals surface area contributed by atoms with Crippen molar-refractivity contribution in [2.75, 3.05) is 11.9 Å². The van der Waals surface area contributed by atoms with Crippen LogP contribution in [-0.4, -0.2) is 16.3 Å². The monoisotopic (exact) mass is 256 g/mol. The molecule has 1 N–H and O–H groups in total. The molecule has 0 amide bonds. The smallest absolute Gasteiger partial charge is 0.216 e. The van der Waals surface area contributed by atoms with Gasteiger partial charge >= 0.3 is 0 Å². The highest BCUT2D eigenvalue weighted by Crippen LogP contribution is 2.21. The molecule has 2 heterocycles. The average molecular weight is 257 g/mol. The lowest BCUT2D eigenvalue weighted by atomic mass is 10.4. The molecule has 90 valence electrons. The van der Waals surface area contributed by atoms with E-state index in [0.29, 0.717) is 22.6 Å². The summed E-state index contributed by atoms with van der Waals surface area (Å²) in [5.41, 5.74) is 0.946. The normalized spacial score (nSPS) is 10.5. The largest absolute Gasteiger partial charge is 0.619 e. The van der Waals surface area contributed by atoms with Crippen molar-refractivity contribution in [1.29, 1.82) is 0 Å². The van der Waals surface area contributed by atoms with E-state index in [4.69, 9.17) is 11.6 Å². The number of anilines is 1. The lowest BCUT2D eigenvalue weighted by Gasteiger charge is -2.01. The van der Waals surface area contributed by atoms with Crippen molar-refractivity contribution in [3.63, 3.8) is 0 Å². The standard InChI is InChI=1S/C10H10ClFN4O/c1-2-13-9-6-16(14-10(9)11)8-3-7(12)4-15(17)5-8/h3-6,13H,2H2,1H3. The molecule has 0 radical (unpaired) electrons. The van der Waals surface area contributed by atoms with E-state index in [0.717, 1.165) is 6.20 Å². The Morgan fingerprint density at radius 3 is 3.00 bits per heavy atom. The summed E-state index contributed by atoms with van der Waals surface area (Å²) in [5.74, 6) is -0.630. The number of halogens is 2. The van der Waals surface area contributed by atoms with Gasteiger partial charge in [0.2, 0.25) is 12.4 Å². The summed E-state index contributed by atoms with van der Waals surface area (Å²) in [6.45, 7) is 2.61. The Labute approximate surface area is 102 Å². The number of rotatable bonds is 3. The molecule has 2 aromatic rings. The molecular weight excluding hydrogens is 247 g/mol. The lowest BCUT2D eigenvalue weighted by molar-refractivity contribution is -0.606. The summed E-state index contributed by atoms with van der Waals surface area (Å²) >= 11 is 5.88. The molecule has 0 aliphatic carbocycles. The van der Waals surface area contributed by atoms with Crippen LogP contribution in [0.1, 0.15) is 6.92 Å². The van der Waals surface area contributed by atoms with E-state index >= 15 is 0 Å². The summed E-state index contributed by atoms with van der Waals surface area (Å²) in [4.78, 5) is 0. The number of nitrogens with one attached hydrogen (secondary N) is 1. The van der Waals surface area contributed by atoms with Crippen molar-refractivity contribution >= 4 is 17.3 Å². The first kappa shape index (κ1) is 11.7. The number of hydrogen-bond donors (Lipinski definition) is 1. The molecule has 2 rings (SSSR count). The van der Waals surface area contributed by atoms with Crippen LogP contribution >= 0.6 is 11.6 Å². The average Bonchev–Trinajstić information content (AvgIpc) is 2.60. The summed E-state index contributed by atoms with van der Waals surface area (Å²) in [6.07, 6.45) is 3.64. The van der Waals surface area contributed by atoms with Crippen molar-refractivity contribution in [1.82, 2.24) is 9.78 Å². The Bertz CT molecular complexity index is 523. The minimum atomic E-state index is -0.630. The van der Waals surface area contributed by atoms with E-state index in [1.54, 1.807) is 6.20 Å². The van der Waals surface area contributed by atoms with Gasteiger partial charge in [0.1, 0.15) is 5.69 Å². The van der Waals surface area contributed by atoms with Crippen molar-refractivity contribution in [3.05, 3.63) is 40.8 Å². The highest BCUT2D eigenvalue weighted by molar-refractivity contribution is 6.32. The lowest BCUT2D eigenvalue weighted by Crippen LogP contribution is -2.26. The van der Waals surface area contributed by atoms with Gasteiger partial charge in [-0.05, 0) is 6.92 Å². The van der Waals surface area contributed by atoms with Crippen LogP contribution in [0.4, 0.5) is 10.1 Å². The fourth-order valence-corrected chi connectivity index (χ4v) is 1.62. The van der Waals surface area contributed by atoms with Gasteiger partial charge in [-0.2, -0.15) is 9.83 Å². The maximum Gasteiger partial charge on any atom is 0.216 e. The predicted molar refractivity (Wildman–Crippen MR) is 61.7 cm³/mol. The fraction of sp³-hybridized carbons (Fsp3) is 0.200. The van der Waals surface area contributed by atoms with Gasteiger partial charge in [-0.1, -0.05) is 11.6 Å². The first-order valence-corrected chi connectivity index (χ1v) is 5.36. The Hall–Kier alpha value is -1.82. The Morgan fingerprint density at radius 2 is 2.35 bits per heavy atom. The van der Waals surface area contributed by atoms with Crippen LogP contribution in [-0.2, 0) is 0 Å². The SMILES string of the molecule is CCNc1cn(-c2cc(F)c[n+]([O-])c2)nc1Cl. The molecule has 0 spiro atoms. The van der Waals surface area contributed by atoms with Crippen molar-refractivity contribution in [3.8, 4) is 5.69 Å². The number of hydrogen-bond acceptors (Lipinski definition) is 3. The molecule has 2 aromatic heterocycles. The Morgan fingerprint density at radius 1 is 1.59 bits per heavy atom. The zero-order valence-electron chi connectivity index (χ0n) is 9.02. The predicted octanol–water partition coefficient (Wildman–Crippen LogP) is 1.73. The molecular formula is C10H10ClFN4O. The van der Waals surface area contributed by atoms with Gasteiger partial charge in [-0.15, -0.1) is 0 Å². The Kier molecular flexibility index (Phi) is 3.14. The highest BCUT2D eigenvalue weighted by atomic mass is 35.5. The number of nitrogens with zero attached hydrogens (tertiary/aromatic N) is 3. The third-order valence-corrected chi connectivity index (χ3v) is 2.38. The zero-order valence-corrected chi connectivity index (χ0v) is 9.78. The minimum Gasteiger partial charge on any atom is -0.619 e. The third kappa shape index (κ3) is 2.47. The molecule has 0 bridgehead atoms. The maximum absolute atomic E-state index is 13.1. The molecule has 0 aromatic carbocycles. The highest BCUT2D eigenvalue weighted by Gasteiger charge is 2.10. The second-order valence-corrected chi connectivity index (χ2v) is 3.74. The molecule has 7 heteroatoms. The van der Waals surface area contributed by atoms with Crippen molar-refractivity contribution in [2.45, 2.75) is 6.92 Å². The van der Waals surface area contributed by atoms with E-state index in [1.165, 1.54) is 16.9 Å². The zero-order chi connectivity index (χ0) is 12.4. The quantitative estimate of drug-likeness (QED) is 0.672. The third-order valence-electron chi connectivity index (χ3n) is 2.10. The van der Waals surface area contributed by atoms with Crippen molar-refractivity contribution in [2.24, 2.45) is 0 Å². The van der Waals surface area contributed by atoms with Gasteiger partial charge in [0.15, 0.2) is 11.0 Å². The van der Waals surface area contributed by atoms with Gasteiger partial charge in [-0.25, -0.2) is 9.07 Å². The van der Waals surface area contributed by atoms with Gasteiger partial charge in [0, 0.05) is 12.6 Å². The van der Waals surface area contributed by atoms with Gasteiger partial charge < -0.3 is 10.5 Å². The van der Waals surface area contributed by atoms with E-state index in [1.807, 2.05) is 6.92 Å². The van der Waals surface area contributed by atoms with Crippen LogP contribution < -0.4 is 10.0 Å². The van der Waals surface area contributed by atoms with Crippen LogP contribution in [0.3, 0.4) is 0 Å². The second kappa shape index (κ2) is 4.58. The minimum absolute atomic E-state index is 0.272. The molecule has 17 heavy (non-hydrogen) atoms. The second-order valence-electron chi connectivity index (χ2n) is 3.38.